The van der Waals surface area contributed by atoms with E-state index in [-0.39, 0.29) is 33.6 Å². The average molecular weight is 607 g/mol. The zero-order valence-corrected chi connectivity index (χ0v) is 24.2. The van der Waals surface area contributed by atoms with Gasteiger partial charge in [0.05, 0.1) is 11.8 Å². The van der Waals surface area contributed by atoms with E-state index in [1.807, 2.05) is 6.92 Å². The van der Waals surface area contributed by atoms with Gasteiger partial charge in [0.15, 0.2) is 5.78 Å². The molecule has 3 aromatic carbocycles. The number of nitrogens with zero attached hydrogens (tertiary/aromatic N) is 2. The minimum atomic E-state index is -4.09. The summed E-state index contributed by atoms with van der Waals surface area (Å²) >= 11 is 5.99. The summed E-state index contributed by atoms with van der Waals surface area (Å²) in [4.78, 5) is 54.2. The Morgan fingerprint density at radius 3 is 1.98 bits per heavy atom. The fraction of sp³-hybridized carbons (Fsp3) is 0.290. The maximum Gasteiger partial charge on any atom is 0.339 e. The van der Waals surface area contributed by atoms with Crippen LogP contribution in [0.4, 0.5) is 0 Å². The molecule has 2 bridgehead atoms. The second kappa shape index (κ2) is 10.7. The summed E-state index contributed by atoms with van der Waals surface area (Å²) in [5, 5.41) is 2.21. The number of hydrogen-bond donors (Lipinski definition) is 0. The minimum absolute atomic E-state index is 0.00517. The zero-order valence-electron chi connectivity index (χ0n) is 22.6. The van der Waals surface area contributed by atoms with E-state index >= 15 is 0 Å². The van der Waals surface area contributed by atoms with E-state index in [0.29, 0.717) is 5.02 Å². The Labute approximate surface area is 248 Å². The Morgan fingerprint density at radius 2 is 1.40 bits per heavy atom. The normalized spacial score (nSPS) is 22.8. The molecule has 9 nitrogen and oxygen atoms in total. The number of carbonyl (C=O) groups is 4. The standard InChI is InChI=1S/C31H27ClN2O7S/c1-18-2-14-25(15-3-18)42(39,40)41-24-12-8-19(9-13-24)26(35)17-33(29(36)20-6-10-23(32)11-7-20)34-30(37)27-21-4-5-22(16-21)28(27)31(34)38/h2-3,6-15,21-22,27-28H,4-5,16-17H2,1H3/t21-,22-,27-,28-/m0/s1. The first kappa shape index (κ1) is 28.1. The highest BCUT2D eigenvalue weighted by Crippen LogP contribution is 2.56. The second-order valence-electron chi connectivity index (χ2n) is 11.0. The van der Waals surface area contributed by atoms with Gasteiger partial charge in [0.2, 0.25) is 0 Å². The van der Waals surface area contributed by atoms with Gasteiger partial charge in [0.25, 0.3) is 17.7 Å². The molecule has 42 heavy (non-hydrogen) atoms. The van der Waals surface area contributed by atoms with Crippen molar-refractivity contribution in [3.63, 3.8) is 0 Å². The molecule has 3 aromatic rings. The van der Waals surface area contributed by atoms with Gasteiger partial charge in [-0.3, -0.25) is 19.2 Å². The summed E-state index contributed by atoms with van der Waals surface area (Å²) in [6, 6.07) is 17.6. The van der Waals surface area contributed by atoms with E-state index in [9.17, 15) is 27.6 Å². The Hall–Kier alpha value is -4.02. The summed E-state index contributed by atoms with van der Waals surface area (Å²) in [5.41, 5.74) is 1.20. The molecule has 1 aliphatic heterocycles. The van der Waals surface area contributed by atoms with Gasteiger partial charge in [-0.1, -0.05) is 29.3 Å². The number of amides is 3. The predicted molar refractivity (Wildman–Crippen MR) is 152 cm³/mol. The molecule has 2 saturated carbocycles. The number of hydrogen-bond acceptors (Lipinski definition) is 7. The highest BCUT2D eigenvalue weighted by atomic mass is 35.5. The summed E-state index contributed by atoms with van der Waals surface area (Å²) in [7, 11) is -4.09. The molecule has 216 valence electrons. The maximum absolute atomic E-state index is 13.7. The van der Waals surface area contributed by atoms with Gasteiger partial charge in [0.1, 0.15) is 17.2 Å². The first-order valence-electron chi connectivity index (χ1n) is 13.6. The van der Waals surface area contributed by atoms with Crippen LogP contribution in [-0.2, 0) is 19.7 Å². The molecule has 0 aromatic heterocycles. The molecule has 3 amide bonds. The molecule has 1 saturated heterocycles. The smallest absolute Gasteiger partial charge is 0.339 e. The van der Waals surface area contributed by atoms with Crippen molar-refractivity contribution in [2.45, 2.75) is 31.1 Å². The van der Waals surface area contributed by atoms with Crippen LogP contribution in [-0.4, -0.2) is 48.5 Å². The van der Waals surface area contributed by atoms with Gasteiger partial charge < -0.3 is 4.18 Å². The number of halogens is 1. The van der Waals surface area contributed by atoms with E-state index in [2.05, 4.69) is 0 Å². The number of aryl methyl sites for hydroxylation is 1. The van der Waals surface area contributed by atoms with Gasteiger partial charge in [-0.05, 0) is 98.7 Å². The van der Waals surface area contributed by atoms with Crippen molar-refractivity contribution in [1.29, 1.82) is 0 Å². The Morgan fingerprint density at radius 1 is 0.857 bits per heavy atom. The summed E-state index contributed by atoms with van der Waals surface area (Å²) in [6.07, 6.45) is 2.58. The van der Waals surface area contributed by atoms with Crippen molar-refractivity contribution in [3.8, 4) is 5.75 Å². The number of rotatable bonds is 8. The van der Waals surface area contributed by atoms with Gasteiger partial charge in [-0.25, -0.2) is 5.01 Å². The van der Waals surface area contributed by atoms with Crippen LogP contribution in [0.1, 0.15) is 45.5 Å². The Kier molecular flexibility index (Phi) is 7.14. The van der Waals surface area contributed by atoms with E-state index < -0.39 is 52.0 Å². The van der Waals surface area contributed by atoms with Crippen LogP contribution in [0, 0.1) is 30.6 Å². The molecule has 0 spiro atoms. The Balaban J connectivity index is 1.24. The highest BCUT2D eigenvalue weighted by Gasteiger charge is 2.62. The van der Waals surface area contributed by atoms with Crippen molar-refractivity contribution in [2.75, 3.05) is 6.54 Å². The summed E-state index contributed by atoms with van der Waals surface area (Å²) in [6.45, 7) is 1.26. The van der Waals surface area contributed by atoms with Gasteiger partial charge >= 0.3 is 10.1 Å². The fourth-order valence-corrected chi connectivity index (χ4v) is 7.47. The lowest BCUT2D eigenvalue weighted by atomic mass is 9.81. The molecule has 0 radical (unpaired) electrons. The number of Topliss-reactive ketones (excluding diaryl/α,β-unsaturated/α-hetero) is 1. The van der Waals surface area contributed by atoms with Crippen LogP contribution in [0.15, 0.2) is 77.7 Å². The molecule has 4 atom stereocenters. The molecule has 3 fully saturated rings. The SMILES string of the molecule is Cc1ccc(S(=O)(=O)Oc2ccc(C(=O)CN(C(=O)c3ccc(Cl)cc3)N3C(=O)[C@H]4[C@H]5CC[C@@H](C5)[C@@H]4C3=O)cc2)cc1. The third kappa shape index (κ3) is 4.98. The van der Waals surface area contributed by atoms with E-state index in [0.717, 1.165) is 34.8 Å². The molecular formula is C31H27ClN2O7S. The summed E-state index contributed by atoms with van der Waals surface area (Å²) < 4.78 is 30.5. The molecule has 0 unspecified atom stereocenters. The van der Waals surface area contributed by atoms with Crippen LogP contribution in [0.2, 0.25) is 5.02 Å². The van der Waals surface area contributed by atoms with Crippen molar-refractivity contribution >= 4 is 45.2 Å². The lowest BCUT2D eigenvalue weighted by molar-refractivity contribution is -0.155. The third-order valence-electron chi connectivity index (χ3n) is 8.46. The molecule has 1 heterocycles. The minimum Gasteiger partial charge on any atom is -0.379 e. The van der Waals surface area contributed by atoms with Crippen molar-refractivity contribution in [3.05, 3.63) is 94.5 Å². The second-order valence-corrected chi connectivity index (χ2v) is 13.0. The van der Waals surface area contributed by atoms with Crippen LogP contribution in [0.25, 0.3) is 0 Å². The number of fused-ring (bicyclic) bond motifs is 5. The van der Waals surface area contributed by atoms with Crippen molar-refractivity contribution in [2.24, 2.45) is 23.7 Å². The molecule has 2 aliphatic carbocycles. The number of imide groups is 1. The van der Waals surface area contributed by atoms with Crippen LogP contribution in [0.3, 0.4) is 0 Å². The average Bonchev–Trinajstić information content (AvgIpc) is 3.66. The maximum atomic E-state index is 13.7. The van der Waals surface area contributed by atoms with E-state index in [4.69, 9.17) is 15.8 Å². The lowest BCUT2D eigenvalue weighted by Crippen LogP contribution is -2.52. The first-order valence-corrected chi connectivity index (χ1v) is 15.4. The number of hydrazine groups is 1. The number of benzene rings is 3. The topological polar surface area (TPSA) is 118 Å². The molecular weight excluding hydrogens is 580 g/mol. The van der Waals surface area contributed by atoms with Gasteiger partial charge in [-0.15, -0.1) is 0 Å². The predicted octanol–water partition coefficient (Wildman–Crippen LogP) is 4.69. The van der Waals surface area contributed by atoms with Crippen molar-refractivity contribution in [1.82, 2.24) is 10.0 Å². The fourth-order valence-electron chi connectivity index (χ4n) is 6.41. The highest BCUT2D eigenvalue weighted by molar-refractivity contribution is 7.87. The van der Waals surface area contributed by atoms with Crippen LogP contribution >= 0.6 is 11.6 Å². The third-order valence-corrected chi connectivity index (χ3v) is 9.97. The van der Waals surface area contributed by atoms with Crippen LogP contribution in [0.5, 0.6) is 5.75 Å². The first-order chi connectivity index (χ1) is 20.0. The quantitative estimate of drug-likeness (QED) is 0.207. The van der Waals surface area contributed by atoms with Crippen molar-refractivity contribution < 1.29 is 31.8 Å². The molecule has 6 rings (SSSR count). The van der Waals surface area contributed by atoms with Crippen LogP contribution < -0.4 is 4.18 Å². The Bertz CT molecular complexity index is 1660. The number of ketones is 1. The molecule has 3 aliphatic rings. The zero-order chi connectivity index (χ0) is 29.8. The lowest BCUT2D eigenvalue weighted by Gasteiger charge is -2.30. The largest absolute Gasteiger partial charge is 0.379 e. The summed E-state index contributed by atoms with van der Waals surface area (Å²) in [5.74, 6) is -2.87. The van der Waals surface area contributed by atoms with E-state index in [1.54, 1.807) is 12.1 Å². The van der Waals surface area contributed by atoms with Gasteiger partial charge in [0, 0.05) is 16.1 Å². The molecule has 0 N–H and O–H groups in total. The molecule has 11 heteroatoms. The monoisotopic (exact) mass is 606 g/mol. The van der Waals surface area contributed by atoms with E-state index in [1.165, 1.54) is 60.7 Å². The van der Waals surface area contributed by atoms with Gasteiger partial charge in [-0.2, -0.15) is 13.4 Å². The number of carbonyl (C=O) groups excluding carboxylic acids is 4.